The molecule has 0 N–H and O–H groups in total. The number of aromatic nitrogens is 1. The Morgan fingerprint density at radius 1 is 1.44 bits per heavy atom. The monoisotopic (exact) mass is 237 g/mol. The Morgan fingerprint density at radius 2 is 2.31 bits per heavy atom. The maximum absolute atomic E-state index is 13.4. The summed E-state index contributed by atoms with van der Waals surface area (Å²) >= 11 is 1.53. The van der Waals surface area contributed by atoms with Crippen molar-refractivity contribution in [3.63, 3.8) is 0 Å². The van der Waals surface area contributed by atoms with Crippen LogP contribution in [0.2, 0.25) is 0 Å². The Bertz CT molecular complexity index is 456. The summed E-state index contributed by atoms with van der Waals surface area (Å²) in [5, 5.41) is 0. The highest BCUT2D eigenvalue weighted by molar-refractivity contribution is 7.09. The fourth-order valence-electron chi connectivity index (χ4n) is 1.48. The molecule has 1 heterocycles. The average Bonchev–Trinajstić information content (AvgIpc) is 2.79. The molecule has 1 aromatic carbocycles. The van der Waals surface area contributed by atoms with Gasteiger partial charge >= 0.3 is 0 Å². The second-order valence-electron chi connectivity index (χ2n) is 3.33. The van der Waals surface area contributed by atoms with Crippen LogP contribution < -0.4 is 4.74 Å². The van der Waals surface area contributed by atoms with Gasteiger partial charge in [0.15, 0.2) is 0 Å². The van der Waals surface area contributed by atoms with Crippen LogP contribution in [0.3, 0.4) is 0 Å². The van der Waals surface area contributed by atoms with E-state index in [2.05, 4.69) is 4.98 Å². The van der Waals surface area contributed by atoms with Crippen LogP contribution in [0.15, 0.2) is 29.9 Å². The molecule has 0 radical (unpaired) electrons. The van der Waals surface area contributed by atoms with Crippen LogP contribution in [0.4, 0.5) is 4.39 Å². The Kier molecular flexibility index (Phi) is 3.51. The first-order valence-electron chi connectivity index (χ1n) is 5.08. The lowest BCUT2D eigenvalue weighted by molar-refractivity contribution is 0.304. The summed E-state index contributed by atoms with van der Waals surface area (Å²) in [4.78, 5) is 4.99. The molecule has 0 aliphatic heterocycles. The molecule has 0 saturated carbocycles. The van der Waals surface area contributed by atoms with Crippen molar-refractivity contribution in [3.8, 4) is 5.75 Å². The van der Waals surface area contributed by atoms with Crippen molar-refractivity contribution >= 4 is 11.3 Å². The predicted octanol–water partition coefficient (Wildman–Crippen LogP) is 3.42. The van der Waals surface area contributed by atoms with Crippen LogP contribution in [-0.4, -0.2) is 4.98 Å². The molecule has 0 aliphatic carbocycles. The van der Waals surface area contributed by atoms with Crippen LogP contribution in [0, 0.1) is 5.82 Å². The minimum Gasteiger partial charge on any atom is -0.488 e. The standard InChI is InChI=1S/C12H12FNOS/c1-2-10-11(13)4-3-5-12(10)15-7-9-6-14-8-16-9/h3-6,8H,2,7H2,1H3. The van der Waals surface area contributed by atoms with E-state index in [9.17, 15) is 4.39 Å². The van der Waals surface area contributed by atoms with Gasteiger partial charge in [0, 0.05) is 11.8 Å². The largest absolute Gasteiger partial charge is 0.488 e. The summed E-state index contributed by atoms with van der Waals surface area (Å²) in [5.74, 6) is 0.417. The molecule has 0 fully saturated rings. The topological polar surface area (TPSA) is 22.1 Å². The van der Waals surface area contributed by atoms with Gasteiger partial charge in [-0.3, -0.25) is 4.98 Å². The third-order valence-corrected chi connectivity index (χ3v) is 3.04. The van der Waals surface area contributed by atoms with E-state index in [1.165, 1.54) is 17.4 Å². The summed E-state index contributed by atoms with van der Waals surface area (Å²) in [6, 6.07) is 4.91. The molecule has 1 aromatic heterocycles. The number of hydrogen-bond donors (Lipinski definition) is 0. The minimum absolute atomic E-state index is 0.204. The number of hydrogen-bond acceptors (Lipinski definition) is 3. The van der Waals surface area contributed by atoms with Crippen LogP contribution in [-0.2, 0) is 13.0 Å². The highest BCUT2D eigenvalue weighted by atomic mass is 32.1. The fraction of sp³-hybridized carbons (Fsp3) is 0.250. The molecule has 84 valence electrons. The SMILES string of the molecule is CCc1c(F)cccc1OCc1cncs1. The van der Waals surface area contributed by atoms with Gasteiger partial charge in [-0.1, -0.05) is 13.0 Å². The second-order valence-corrected chi connectivity index (χ2v) is 4.30. The van der Waals surface area contributed by atoms with E-state index < -0.39 is 0 Å². The number of halogens is 1. The van der Waals surface area contributed by atoms with Gasteiger partial charge in [-0.15, -0.1) is 11.3 Å². The van der Waals surface area contributed by atoms with Gasteiger partial charge in [-0.2, -0.15) is 0 Å². The van der Waals surface area contributed by atoms with E-state index in [-0.39, 0.29) is 5.82 Å². The molecule has 0 spiro atoms. The van der Waals surface area contributed by atoms with E-state index in [0.29, 0.717) is 24.3 Å². The summed E-state index contributed by atoms with van der Waals surface area (Å²) in [6.07, 6.45) is 2.39. The van der Waals surface area contributed by atoms with Crippen molar-refractivity contribution in [2.75, 3.05) is 0 Å². The van der Waals surface area contributed by atoms with Crippen molar-refractivity contribution < 1.29 is 9.13 Å². The Labute approximate surface area is 97.7 Å². The Hall–Kier alpha value is -1.42. The second kappa shape index (κ2) is 5.07. The van der Waals surface area contributed by atoms with Gasteiger partial charge in [0.1, 0.15) is 18.2 Å². The molecule has 2 nitrogen and oxygen atoms in total. The minimum atomic E-state index is -0.204. The molecule has 0 amide bonds. The maximum Gasteiger partial charge on any atom is 0.130 e. The summed E-state index contributed by atoms with van der Waals surface area (Å²) in [7, 11) is 0. The van der Waals surface area contributed by atoms with Crippen molar-refractivity contribution in [2.24, 2.45) is 0 Å². The van der Waals surface area contributed by atoms with Gasteiger partial charge in [-0.25, -0.2) is 4.39 Å². The van der Waals surface area contributed by atoms with Crippen LogP contribution in [0.5, 0.6) is 5.75 Å². The molecule has 0 unspecified atom stereocenters. The van der Waals surface area contributed by atoms with E-state index in [0.717, 1.165) is 4.88 Å². The first-order chi connectivity index (χ1) is 7.81. The van der Waals surface area contributed by atoms with Crippen LogP contribution >= 0.6 is 11.3 Å². The third-order valence-electron chi connectivity index (χ3n) is 2.28. The molecule has 0 bridgehead atoms. The lowest BCUT2D eigenvalue weighted by atomic mass is 10.1. The third kappa shape index (κ3) is 2.39. The van der Waals surface area contributed by atoms with Crippen molar-refractivity contribution in [3.05, 3.63) is 46.2 Å². The zero-order valence-corrected chi connectivity index (χ0v) is 9.76. The summed E-state index contributed by atoms with van der Waals surface area (Å²) < 4.78 is 19.0. The first kappa shape index (κ1) is 11.1. The molecule has 0 saturated heterocycles. The smallest absolute Gasteiger partial charge is 0.130 e. The summed E-state index contributed by atoms with van der Waals surface area (Å²) in [5.41, 5.74) is 2.39. The zero-order valence-electron chi connectivity index (χ0n) is 8.94. The van der Waals surface area contributed by atoms with Crippen molar-refractivity contribution in [2.45, 2.75) is 20.0 Å². The lowest BCUT2D eigenvalue weighted by Crippen LogP contribution is -1.98. The van der Waals surface area contributed by atoms with Crippen molar-refractivity contribution in [1.82, 2.24) is 4.98 Å². The van der Waals surface area contributed by atoms with Crippen LogP contribution in [0.1, 0.15) is 17.4 Å². The van der Waals surface area contributed by atoms with E-state index in [1.807, 2.05) is 6.92 Å². The van der Waals surface area contributed by atoms with E-state index in [1.54, 1.807) is 23.8 Å². The molecule has 0 atom stereocenters. The van der Waals surface area contributed by atoms with E-state index >= 15 is 0 Å². The molecule has 2 rings (SSSR count). The quantitative estimate of drug-likeness (QED) is 0.812. The number of nitrogens with zero attached hydrogens (tertiary/aromatic N) is 1. The first-order valence-corrected chi connectivity index (χ1v) is 5.96. The maximum atomic E-state index is 13.4. The van der Waals surface area contributed by atoms with Gasteiger partial charge in [0.05, 0.1) is 10.4 Å². The van der Waals surface area contributed by atoms with E-state index in [4.69, 9.17) is 4.74 Å². The van der Waals surface area contributed by atoms with Gasteiger partial charge < -0.3 is 4.74 Å². The highest BCUT2D eigenvalue weighted by Gasteiger charge is 2.07. The molecular weight excluding hydrogens is 225 g/mol. The zero-order chi connectivity index (χ0) is 11.4. The fourth-order valence-corrected chi connectivity index (χ4v) is 1.99. The number of ether oxygens (including phenoxy) is 1. The van der Waals surface area contributed by atoms with Gasteiger partial charge in [0.2, 0.25) is 0 Å². The Morgan fingerprint density at radius 3 is 3.00 bits per heavy atom. The average molecular weight is 237 g/mol. The lowest BCUT2D eigenvalue weighted by Gasteiger charge is -2.09. The Balaban J connectivity index is 2.12. The molecule has 16 heavy (non-hydrogen) atoms. The van der Waals surface area contributed by atoms with Crippen LogP contribution in [0.25, 0.3) is 0 Å². The van der Waals surface area contributed by atoms with Crippen molar-refractivity contribution in [1.29, 1.82) is 0 Å². The summed E-state index contributed by atoms with van der Waals surface area (Å²) in [6.45, 7) is 2.36. The molecule has 4 heteroatoms. The number of thiazole rings is 1. The number of benzene rings is 1. The number of rotatable bonds is 4. The predicted molar refractivity (Wildman–Crippen MR) is 62.2 cm³/mol. The molecule has 2 aromatic rings. The van der Waals surface area contributed by atoms with Gasteiger partial charge in [-0.05, 0) is 18.6 Å². The van der Waals surface area contributed by atoms with Gasteiger partial charge in [0.25, 0.3) is 0 Å². The molecule has 0 aliphatic rings. The normalized spacial score (nSPS) is 10.4. The molecular formula is C12H12FNOS. The highest BCUT2D eigenvalue weighted by Crippen LogP contribution is 2.23.